The van der Waals surface area contributed by atoms with Gasteiger partial charge in [-0.3, -0.25) is 4.79 Å². The number of nitrogens with zero attached hydrogens (tertiary/aromatic N) is 4. The van der Waals surface area contributed by atoms with Gasteiger partial charge in [-0.2, -0.15) is 10.1 Å². The van der Waals surface area contributed by atoms with E-state index in [9.17, 15) is 9.90 Å². The SMILES string of the molecule is O=C(NC1C2CC3CC1CC(O)(C3)C2)c1cnc(Nc2ccoc2)nc1-n1cccn1. The molecule has 3 aromatic rings. The molecule has 3 aromatic heterocycles. The second-order valence-corrected chi connectivity index (χ2v) is 9.21. The number of amides is 1. The van der Waals surface area contributed by atoms with Crippen molar-refractivity contribution in [3.63, 3.8) is 0 Å². The van der Waals surface area contributed by atoms with Crippen LogP contribution in [0.15, 0.2) is 47.7 Å². The number of hydrogen-bond donors (Lipinski definition) is 3. The molecule has 160 valence electrons. The molecule has 2 atom stereocenters. The van der Waals surface area contributed by atoms with Crippen LogP contribution in [-0.2, 0) is 0 Å². The second-order valence-electron chi connectivity index (χ2n) is 9.21. The third-order valence-electron chi connectivity index (χ3n) is 7.05. The molecule has 4 saturated carbocycles. The summed E-state index contributed by atoms with van der Waals surface area (Å²) in [6.07, 6.45) is 12.7. The summed E-state index contributed by atoms with van der Waals surface area (Å²) in [6.45, 7) is 0. The summed E-state index contributed by atoms with van der Waals surface area (Å²) in [5.74, 6) is 1.80. The van der Waals surface area contributed by atoms with Gasteiger partial charge in [-0.15, -0.1) is 0 Å². The van der Waals surface area contributed by atoms with Crippen LogP contribution < -0.4 is 10.6 Å². The maximum Gasteiger partial charge on any atom is 0.256 e. The third-order valence-corrected chi connectivity index (χ3v) is 7.05. The van der Waals surface area contributed by atoms with E-state index < -0.39 is 5.60 Å². The number of carbonyl (C=O) groups is 1. The van der Waals surface area contributed by atoms with Gasteiger partial charge < -0.3 is 20.2 Å². The summed E-state index contributed by atoms with van der Waals surface area (Å²) < 4.78 is 6.64. The monoisotopic (exact) mass is 420 g/mol. The number of nitrogens with one attached hydrogen (secondary N) is 2. The number of carbonyl (C=O) groups excluding carboxylic acids is 1. The molecule has 4 bridgehead atoms. The standard InChI is InChI=1S/C22H24N6O3/c29-20(26-18-14-6-13-7-15(18)10-22(30,8-13)9-14)17-11-23-21(25-16-2-5-31-12-16)27-19(17)28-4-1-3-24-28/h1-5,11-15,18,30H,6-10H2,(H,26,29)(H,23,25,27). The van der Waals surface area contributed by atoms with Crippen molar-refractivity contribution in [3.05, 3.63) is 48.8 Å². The predicted octanol–water partition coefficient (Wildman–Crippen LogP) is 2.67. The first-order chi connectivity index (χ1) is 15.1. The van der Waals surface area contributed by atoms with Gasteiger partial charge in [0, 0.05) is 24.6 Å². The molecule has 4 aliphatic rings. The topological polar surface area (TPSA) is 118 Å². The maximum absolute atomic E-state index is 13.3. The number of aromatic nitrogens is 4. The van der Waals surface area contributed by atoms with Crippen LogP contribution in [0, 0.1) is 17.8 Å². The van der Waals surface area contributed by atoms with Gasteiger partial charge in [-0.25, -0.2) is 9.67 Å². The Morgan fingerprint density at radius 2 is 2.10 bits per heavy atom. The zero-order chi connectivity index (χ0) is 21.0. The molecule has 0 aliphatic heterocycles. The summed E-state index contributed by atoms with van der Waals surface area (Å²) in [4.78, 5) is 22.2. The zero-order valence-electron chi connectivity index (χ0n) is 16.9. The van der Waals surface area contributed by atoms with Crippen molar-refractivity contribution in [1.29, 1.82) is 0 Å². The van der Waals surface area contributed by atoms with E-state index in [1.165, 1.54) is 6.20 Å². The molecule has 0 radical (unpaired) electrons. The fraction of sp³-hybridized carbons (Fsp3) is 0.455. The van der Waals surface area contributed by atoms with Gasteiger partial charge in [0.25, 0.3) is 5.91 Å². The number of aliphatic hydroxyl groups is 1. The lowest BCUT2D eigenvalue weighted by Gasteiger charge is -2.58. The molecule has 9 nitrogen and oxygen atoms in total. The molecule has 4 fully saturated rings. The van der Waals surface area contributed by atoms with E-state index in [0.29, 0.717) is 35.1 Å². The number of rotatable bonds is 5. The van der Waals surface area contributed by atoms with Crippen LogP contribution in [-0.4, -0.2) is 42.4 Å². The van der Waals surface area contributed by atoms with Crippen molar-refractivity contribution in [2.45, 2.75) is 43.7 Å². The number of anilines is 2. The highest BCUT2D eigenvalue weighted by molar-refractivity contribution is 5.97. The van der Waals surface area contributed by atoms with Crippen LogP contribution in [0.1, 0.15) is 42.5 Å². The highest BCUT2D eigenvalue weighted by Crippen LogP contribution is 2.55. The van der Waals surface area contributed by atoms with Crippen LogP contribution in [0.3, 0.4) is 0 Å². The molecule has 1 amide bonds. The van der Waals surface area contributed by atoms with Crippen molar-refractivity contribution in [2.75, 3.05) is 5.32 Å². The molecular weight excluding hydrogens is 396 g/mol. The maximum atomic E-state index is 13.3. The fourth-order valence-corrected chi connectivity index (χ4v) is 6.07. The first-order valence-corrected chi connectivity index (χ1v) is 10.8. The number of furan rings is 1. The lowest BCUT2D eigenvalue weighted by Crippen LogP contribution is -2.61. The van der Waals surface area contributed by atoms with Crippen LogP contribution in [0.4, 0.5) is 11.6 Å². The molecule has 0 saturated heterocycles. The fourth-order valence-electron chi connectivity index (χ4n) is 6.07. The first-order valence-electron chi connectivity index (χ1n) is 10.8. The Hall–Kier alpha value is -3.20. The molecule has 9 heteroatoms. The van der Waals surface area contributed by atoms with Gasteiger partial charge in [0.2, 0.25) is 5.95 Å². The van der Waals surface area contributed by atoms with Crippen LogP contribution in [0.5, 0.6) is 0 Å². The van der Waals surface area contributed by atoms with E-state index in [1.54, 1.807) is 41.7 Å². The van der Waals surface area contributed by atoms with Gasteiger partial charge in [-0.05, 0) is 62.0 Å². The largest absolute Gasteiger partial charge is 0.470 e. The second kappa shape index (κ2) is 6.91. The average molecular weight is 420 g/mol. The van der Waals surface area contributed by atoms with Crippen LogP contribution >= 0.6 is 0 Å². The van der Waals surface area contributed by atoms with E-state index in [0.717, 1.165) is 37.8 Å². The Labute approximate surface area is 178 Å². The summed E-state index contributed by atoms with van der Waals surface area (Å²) in [7, 11) is 0. The average Bonchev–Trinajstić information content (AvgIpc) is 3.43. The number of hydrogen-bond acceptors (Lipinski definition) is 7. The van der Waals surface area contributed by atoms with E-state index in [2.05, 4.69) is 25.7 Å². The lowest BCUT2D eigenvalue weighted by molar-refractivity contribution is -0.136. The van der Waals surface area contributed by atoms with Gasteiger partial charge >= 0.3 is 0 Å². The molecular formula is C22H24N6O3. The summed E-state index contributed by atoms with van der Waals surface area (Å²) in [6, 6.07) is 3.63. The van der Waals surface area contributed by atoms with Crippen molar-refractivity contribution in [2.24, 2.45) is 17.8 Å². The molecule has 7 rings (SSSR count). The van der Waals surface area contributed by atoms with E-state index in [1.807, 2.05) is 0 Å². The molecule has 0 spiro atoms. The zero-order valence-corrected chi connectivity index (χ0v) is 16.9. The van der Waals surface area contributed by atoms with Crippen molar-refractivity contribution < 1.29 is 14.3 Å². The minimum absolute atomic E-state index is 0.0820. The van der Waals surface area contributed by atoms with Crippen LogP contribution in [0.25, 0.3) is 5.82 Å². The predicted molar refractivity (Wildman–Crippen MR) is 111 cm³/mol. The van der Waals surface area contributed by atoms with Gasteiger partial charge in [0.05, 0.1) is 17.6 Å². The summed E-state index contributed by atoms with van der Waals surface area (Å²) >= 11 is 0. The summed E-state index contributed by atoms with van der Waals surface area (Å²) in [5.41, 5.74) is 0.561. The highest BCUT2D eigenvalue weighted by Gasteiger charge is 2.55. The molecule has 2 unspecified atom stereocenters. The summed E-state index contributed by atoms with van der Waals surface area (Å²) in [5, 5.41) is 21.4. The Morgan fingerprint density at radius 1 is 1.26 bits per heavy atom. The van der Waals surface area contributed by atoms with Crippen LogP contribution in [0.2, 0.25) is 0 Å². The van der Waals surface area contributed by atoms with E-state index >= 15 is 0 Å². The van der Waals surface area contributed by atoms with Gasteiger partial charge in [0.1, 0.15) is 11.8 Å². The molecule has 0 aromatic carbocycles. The normalized spacial score (nSPS) is 31.0. The smallest absolute Gasteiger partial charge is 0.256 e. The van der Waals surface area contributed by atoms with Gasteiger partial charge in [0.15, 0.2) is 5.82 Å². The van der Waals surface area contributed by atoms with Gasteiger partial charge in [-0.1, -0.05) is 0 Å². The quantitative estimate of drug-likeness (QED) is 0.581. The Balaban J connectivity index is 1.28. The lowest BCUT2D eigenvalue weighted by atomic mass is 9.52. The first kappa shape index (κ1) is 18.6. The molecule has 3 heterocycles. The highest BCUT2D eigenvalue weighted by atomic mass is 16.3. The molecule has 31 heavy (non-hydrogen) atoms. The Kier molecular flexibility index (Phi) is 4.14. The minimum Gasteiger partial charge on any atom is -0.470 e. The van der Waals surface area contributed by atoms with E-state index in [4.69, 9.17) is 4.42 Å². The Morgan fingerprint density at radius 3 is 2.77 bits per heavy atom. The molecule has 4 aliphatic carbocycles. The van der Waals surface area contributed by atoms with E-state index in [-0.39, 0.29) is 11.9 Å². The molecule has 3 N–H and O–H groups in total. The van der Waals surface area contributed by atoms with Crippen molar-refractivity contribution in [1.82, 2.24) is 25.1 Å². The van der Waals surface area contributed by atoms with Crippen molar-refractivity contribution in [3.8, 4) is 5.82 Å². The van der Waals surface area contributed by atoms with Crippen molar-refractivity contribution >= 4 is 17.5 Å². The minimum atomic E-state index is -0.526. The Bertz CT molecular complexity index is 1080. The third kappa shape index (κ3) is 3.29.